The predicted octanol–water partition coefficient (Wildman–Crippen LogP) is 11.5. The third-order valence-electron chi connectivity index (χ3n) is 10.5. The fourth-order valence-corrected chi connectivity index (χ4v) is 8.19. The quantitative estimate of drug-likeness (QED) is 0.176. The first-order valence-corrected chi connectivity index (χ1v) is 17.9. The summed E-state index contributed by atoms with van der Waals surface area (Å²) in [6.07, 6.45) is 3.60. The van der Waals surface area contributed by atoms with Crippen molar-refractivity contribution < 1.29 is 0 Å². The molecule has 248 valence electrons. The molecule has 10 rings (SSSR count). The maximum atomic E-state index is 5.45. The Morgan fingerprint density at radius 3 is 1.57 bits per heavy atom. The molecule has 0 spiro atoms. The van der Waals surface area contributed by atoms with Crippen molar-refractivity contribution >= 4 is 10.9 Å². The van der Waals surface area contributed by atoms with Crippen molar-refractivity contribution in [2.45, 2.75) is 5.41 Å². The van der Waals surface area contributed by atoms with Gasteiger partial charge < -0.3 is 0 Å². The van der Waals surface area contributed by atoms with E-state index in [1.165, 1.54) is 33.4 Å². The molecule has 0 saturated heterocycles. The average Bonchev–Trinajstić information content (AvgIpc) is 3.57. The zero-order valence-corrected chi connectivity index (χ0v) is 28.8. The number of benzene rings is 5. The van der Waals surface area contributed by atoms with Gasteiger partial charge in [0.1, 0.15) is 0 Å². The number of para-hydroxylation sites is 1. The van der Waals surface area contributed by atoms with Crippen LogP contribution in [0.15, 0.2) is 194 Å². The van der Waals surface area contributed by atoms with Gasteiger partial charge in [-0.2, -0.15) is 0 Å². The van der Waals surface area contributed by atoms with Gasteiger partial charge in [-0.05, 0) is 81.4 Å². The van der Waals surface area contributed by atoms with Crippen molar-refractivity contribution in [3.63, 3.8) is 0 Å². The summed E-state index contributed by atoms with van der Waals surface area (Å²) in [7, 11) is 0. The number of nitrogens with zero attached hydrogens (tertiary/aromatic N) is 4. The van der Waals surface area contributed by atoms with Gasteiger partial charge in [-0.25, -0.2) is 9.97 Å². The van der Waals surface area contributed by atoms with E-state index in [1.807, 2.05) is 36.4 Å². The Morgan fingerprint density at radius 1 is 0.396 bits per heavy atom. The van der Waals surface area contributed by atoms with Crippen molar-refractivity contribution in [2.24, 2.45) is 0 Å². The smallest absolute Gasteiger partial charge is 0.0900 e. The van der Waals surface area contributed by atoms with Crippen LogP contribution in [0.2, 0.25) is 0 Å². The zero-order valence-electron chi connectivity index (χ0n) is 28.8. The molecule has 0 radical (unpaired) electrons. The summed E-state index contributed by atoms with van der Waals surface area (Å²) in [6, 6.07) is 64.3. The van der Waals surface area contributed by atoms with Gasteiger partial charge in [0.2, 0.25) is 0 Å². The van der Waals surface area contributed by atoms with Crippen molar-refractivity contribution in [1.29, 1.82) is 0 Å². The monoisotopic (exact) mass is 676 g/mol. The summed E-state index contributed by atoms with van der Waals surface area (Å²) >= 11 is 0. The lowest BCUT2D eigenvalue weighted by Crippen LogP contribution is -2.29. The molecule has 5 aromatic carbocycles. The fraction of sp³-hybridized carbons (Fsp3) is 0.0204. The summed E-state index contributed by atoms with van der Waals surface area (Å²) in [5, 5.41) is 1.16. The molecule has 4 aromatic heterocycles. The lowest BCUT2D eigenvalue weighted by Gasteiger charge is -2.34. The van der Waals surface area contributed by atoms with Gasteiger partial charge in [-0.15, -0.1) is 0 Å². The Balaban J connectivity index is 1.20. The lowest BCUT2D eigenvalue weighted by molar-refractivity contribution is 0.775. The molecule has 0 unspecified atom stereocenters. The van der Waals surface area contributed by atoms with Crippen LogP contribution in [0.25, 0.3) is 67.2 Å². The third-order valence-corrected chi connectivity index (χ3v) is 10.5. The van der Waals surface area contributed by atoms with Crippen LogP contribution in [-0.4, -0.2) is 19.9 Å². The first-order valence-electron chi connectivity index (χ1n) is 17.9. The van der Waals surface area contributed by atoms with E-state index in [4.69, 9.17) is 9.97 Å². The summed E-state index contributed by atoms with van der Waals surface area (Å²) in [5.74, 6) is 0. The van der Waals surface area contributed by atoms with Gasteiger partial charge in [-0.1, -0.05) is 140 Å². The summed E-state index contributed by atoms with van der Waals surface area (Å²) < 4.78 is 0. The van der Waals surface area contributed by atoms with Gasteiger partial charge in [0.05, 0.1) is 39.4 Å². The molecule has 0 fully saturated rings. The highest BCUT2D eigenvalue weighted by molar-refractivity contribution is 6.03. The molecule has 4 heteroatoms. The first-order chi connectivity index (χ1) is 26.3. The summed E-state index contributed by atoms with van der Waals surface area (Å²) in [6.45, 7) is 0. The Hall–Kier alpha value is -7.04. The SMILES string of the molecule is c1ccc(C2(c3ccccc3)c3ccccc3-c3c(-c4ccc(-c5cc(-c6ccccn6)nc(-c6ccccn6)c5)cc4)nc4ccccc4c32)cc1. The van der Waals surface area contributed by atoms with Crippen molar-refractivity contribution in [3.8, 4) is 56.3 Å². The third kappa shape index (κ3) is 4.99. The van der Waals surface area contributed by atoms with Gasteiger partial charge in [-0.3, -0.25) is 9.97 Å². The Morgan fingerprint density at radius 2 is 0.943 bits per heavy atom. The number of hydrogen-bond acceptors (Lipinski definition) is 4. The Bertz CT molecular complexity index is 2650. The molecular weight excluding hydrogens is 645 g/mol. The van der Waals surface area contributed by atoms with E-state index in [1.54, 1.807) is 12.4 Å². The molecule has 1 aliphatic rings. The number of aromatic nitrogens is 4. The normalized spacial score (nSPS) is 12.7. The molecule has 4 heterocycles. The van der Waals surface area contributed by atoms with Crippen LogP contribution in [-0.2, 0) is 5.41 Å². The molecule has 1 aliphatic carbocycles. The topological polar surface area (TPSA) is 51.6 Å². The fourth-order valence-electron chi connectivity index (χ4n) is 8.19. The molecular formula is C49H32N4. The molecule has 0 N–H and O–H groups in total. The van der Waals surface area contributed by atoms with E-state index >= 15 is 0 Å². The standard InChI is InChI=1S/C49H32N4/c1-3-15-36(16-4-1)49(37-17-5-2-6-18-37)40-21-9-7-19-38(40)46-47(49)39-20-8-10-22-41(39)53-48(46)34-27-25-33(26-28-34)35-31-44(42-23-11-13-29-50-42)52-45(32-35)43-24-12-14-30-51-43/h1-32H. The highest BCUT2D eigenvalue weighted by Gasteiger charge is 2.48. The molecule has 4 nitrogen and oxygen atoms in total. The molecule has 0 amide bonds. The van der Waals surface area contributed by atoms with Crippen LogP contribution in [0, 0.1) is 0 Å². The molecule has 9 aromatic rings. The number of hydrogen-bond donors (Lipinski definition) is 0. The van der Waals surface area contributed by atoms with Crippen molar-refractivity contribution in [2.75, 3.05) is 0 Å². The number of rotatable bonds is 6. The van der Waals surface area contributed by atoms with Gasteiger partial charge in [0.15, 0.2) is 0 Å². The van der Waals surface area contributed by atoms with Crippen LogP contribution in [0.4, 0.5) is 0 Å². The Kier molecular flexibility index (Phi) is 7.33. The van der Waals surface area contributed by atoms with Gasteiger partial charge in [0.25, 0.3) is 0 Å². The number of fused-ring (bicyclic) bond motifs is 5. The molecule has 0 bridgehead atoms. The van der Waals surface area contributed by atoms with Crippen molar-refractivity contribution in [3.05, 3.63) is 217 Å². The largest absolute Gasteiger partial charge is 0.255 e. The zero-order chi connectivity index (χ0) is 35.2. The van der Waals surface area contributed by atoms with Gasteiger partial charge >= 0.3 is 0 Å². The van der Waals surface area contributed by atoms with Crippen LogP contribution >= 0.6 is 0 Å². The van der Waals surface area contributed by atoms with E-state index in [0.717, 1.165) is 56.1 Å². The van der Waals surface area contributed by atoms with E-state index in [2.05, 4.69) is 156 Å². The van der Waals surface area contributed by atoms with Gasteiger partial charge in [0, 0.05) is 28.9 Å². The van der Waals surface area contributed by atoms with Crippen molar-refractivity contribution in [1.82, 2.24) is 19.9 Å². The molecule has 0 saturated carbocycles. The highest BCUT2D eigenvalue weighted by Crippen LogP contribution is 2.59. The number of pyridine rings is 4. The van der Waals surface area contributed by atoms with E-state index in [0.29, 0.717) is 0 Å². The summed E-state index contributed by atoms with van der Waals surface area (Å²) in [4.78, 5) is 19.7. The van der Waals surface area contributed by atoms with E-state index in [-0.39, 0.29) is 0 Å². The maximum absolute atomic E-state index is 5.45. The van der Waals surface area contributed by atoms with E-state index < -0.39 is 5.41 Å². The van der Waals surface area contributed by atoms with Crippen LogP contribution in [0.1, 0.15) is 22.3 Å². The second-order valence-corrected chi connectivity index (χ2v) is 13.4. The van der Waals surface area contributed by atoms with E-state index in [9.17, 15) is 0 Å². The van der Waals surface area contributed by atoms with Crippen LogP contribution < -0.4 is 0 Å². The minimum absolute atomic E-state index is 0.535. The predicted molar refractivity (Wildman–Crippen MR) is 214 cm³/mol. The van der Waals surface area contributed by atoms with Crippen LogP contribution in [0.3, 0.4) is 0 Å². The minimum atomic E-state index is -0.535. The minimum Gasteiger partial charge on any atom is -0.255 e. The van der Waals surface area contributed by atoms with Crippen LogP contribution in [0.5, 0.6) is 0 Å². The molecule has 0 aliphatic heterocycles. The molecule has 0 atom stereocenters. The highest BCUT2D eigenvalue weighted by atomic mass is 14.8. The summed E-state index contributed by atoms with van der Waals surface area (Å²) in [5.41, 5.74) is 15.2. The lowest BCUT2D eigenvalue weighted by atomic mass is 9.67. The average molecular weight is 677 g/mol. The second-order valence-electron chi connectivity index (χ2n) is 13.4. The molecule has 53 heavy (non-hydrogen) atoms. The first kappa shape index (κ1) is 30.8. The maximum Gasteiger partial charge on any atom is 0.0900 e. The second kappa shape index (κ2) is 12.6. The Labute approximate surface area is 308 Å².